The Morgan fingerprint density at radius 2 is 2.00 bits per heavy atom. The van der Waals surface area contributed by atoms with Crippen LogP contribution in [-0.2, 0) is 10.0 Å². The molecule has 1 saturated heterocycles. The summed E-state index contributed by atoms with van der Waals surface area (Å²) in [7, 11) is -1.90. The highest BCUT2D eigenvalue weighted by Gasteiger charge is 2.30. The molecule has 2 fully saturated rings. The van der Waals surface area contributed by atoms with Gasteiger partial charge >= 0.3 is 0 Å². The van der Waals surface area contributed by atoms with E-state index in [1.54, 1.807) is 26.1 Å². The lowest BCUT2D eigenvalue weighted by Gasteiger charge is -2.24. The Hall–Kier alpha value is -1.14. The average molecular weight is 553 g/mol. The fourth-order valence-electron chi connectivity index (χ4n) is 4.08. The number of hydrogen-bond acceptors (Lipinski definition) is 4. The number of likely N-dealkylation sites (tertiary alicyclic amines) is 1. The Labute approximate surface area is 196 Å². The summed E-state index contributed by atoms with van der Waals surface area (Å²) in [6, 6.07) is 5.34. The maximum absolute atomic E-state index is 13.6. The first-order chi connectivity index (χ1) is 13.9. The van der Waals surface area contributed by atoms with Crippen molar-refractivity contribution < 1.29 is 12.8 Å². The minimum absolute atomic E-state index is 0. The zero-order valence-electron chi connectivity index (χ0n) is 17.7. The molecule has 1 heterocycles. The standard InChI is InChI=1S/C20H32FN5O2S.HI/c1-15-7-8-16(13-19(15)21)25-29(27,28)12-10-23-20(22-2)24-17-9-11-26(14-17)18-5-3-4-6-18;/h7-8,13,17-18,25H,3-6,9-12,14H2,1-2H3,(H2,22,23,24);1H. The Balaban J connectivity index is 0.00000320. The highest BCUT2D eigenvalue weighted by molar-refractivity contribution is 14.0. The summed E-state index contributed by atoms with van der Waals surface area (Å²) in [6.45, 7) is 3.95. The van der Waals surface area contributed by atoms with E-state index < -0.39 is 15.8 Å². The Morgan fingerprint density at radius 3 is 2.67 bits per heavy atom. The van der Waals surface area contributed by atoms with Gasteiger partial charge in [0, 0.05) is 38.8 Å². The number of sulfonamides is 1. The number of benzene rings is 1. The summed E-state index contributed by atoms with van der Waals surface area (Å²) in [4.78, 5) is 6.77. The van der Waals surface area contributed by atoms with Crippen molar-refractivity contribution in [2.24, 2.45) is 4.99 Å². The van der Waals surface area contributed by atoms with Crippen molar-refractivity contribution in [2.45, 2.75) is 51.1 Å². The summed E-state index contributed by atoms with van der Waals surface area (Å²) in [6.07, 6.45) is 6.33. The Kier molecular flexibility index (Phi) is 9.61. The van der Waals surface area contributed by atoms with Crippen LogP contribution in [0.2, 0.25) is 0 Å². The lowest BCUT2D eigenvalue weighted by molar-refractivity contribution is 0.242. The molecule has 0 aromatic heterocycles. The monoisotopic (exact) mass is 553 g/mol. The Morgan fingerprint density at radius 1 is 1.27 bits per heavy atom. The number of nitrogens with zero attached hydrogens (tertiary/aromatic N) is 2. The minimum Gasteiger partial charge on any atom is -0.355 e. The molecule has 170 valence electrons. The summed E-state index contributed by atoms with van der Waals surface area (Å²) in [5.74, 6) is 0.0400. The van der Waals surface area contributed by atoms with Crippen molar-refractivity contribution in [3.05, 3.63) is 29.6 Å². The van der Waals surface area contributed by atoms with E-state index in [4.69, 9.17) is 0 Å². The van der Waals surface area contributed by atoms with Crippen molar-refractivity contribution >= 4 is 45.6 Å². The van der Waals surface area contributed by atoms with Crippen LogP contribution < -0.4 is 15.4 Å². The molecule has 0 radical (unpaired) electrons. The van der Waals surface area contributed by atoms with Gasteiger partial charge in [-0.3, -0.25) is 14.6 Å². The zero-order chi connectivity index (χ0) is 20.9. The molecular weight excluding hydrogens is 520 g/mol. The van der Waals surface area contributed by atoms with Crippen LogP contribution in [0.3, 0.4) is 0 Å². The van der Waals surface area contributed by atoms with E-state index in [9.17, 15) is 12.8 Å². The number of nitrogens with one attached hydrogen (secondary N) is 3. The van der Waals surface area contributed by atoms with Gasteiger partial charge in [0.1, 0.15) is 5.82 Å². The molecule has 2 aliphatic rings. The molecule has 1 saturated carbocycles. The van der Waals surface area contributed by atoms with Gasteiger partial charge in [0.15, 0.2) is 5.96 Å². The SMILES string of the molecule is CN=C(NCCS(=O)(=O)Nc1ccc(C)c(F)c1)NC1CCN(C2CCCC2)C1.I. The van der Waals surface area contributed by atoms with Crippen molar-refractivity contribution in [2.75, 3.05) is 37.2 Å². The molecule has 1 atom stereocenters. The van der Waals surface area contributed by atoms with Crippen LogP contribution in [0.15, 0.2) is 23.2 Å². The van der Waals surface area contributed by atoms with Gasteiger partial charge in [0.05, 0.1) is 11.4 Å². The van der Waals surface area contributed by atoms with Crippen molar-refractivity contribution in [3.63, 3.8) is 0 Å². The largest absolute Gasteiger partial charge is 0.355 e. The molecule has 10 heteroatoms. The second-order valence-electron chi connectivity index (χ2n) is 7.95. The molecule has 1 aromatic carbocycles. The zero-order valence-corrected chi connectivity index (χ0v) is 20.8. The quantitative estimate of drug-likeness (QED) is 0.275. The van der Waals surface area contributed by atoms with Crippen LogP contribution in [-0.4, -0.2) is 63.8 Å². The number of hydrogen-bond donors (Lipinski definition) is 3. The molecule has 0 bridgehead atoms. The van der Waals surface area contributed by atoms with E-state index in [1.165, 1.54) is 31.7 Å². The smallest absolute Gasteiger partial charge is 0.234 e. The summed E-state index contributed by atoms with van der Waals surface area (Å²) < 4.78 is 40.5. The summed E-state index contributed by atoms with van der Waals surface area (Å²) >= 11 is 0. The second-order valence-corrected chi connectivity index (χ2v) is 9.79. The normalized spacial score (nSPS) is 20.8. The number of rotatable bonds is 7. The molecule has 0 amide bonds. The Bertz CT molecular complexity index is 830. The lowest BCUT2D eigenvalue weighted by Crippen LogP contribution is -2.46. The fourth-order valence-corrected chi connectivity index (χ4v) is 5.04. The maximum Gasteiger partial charge on any atom is 0.234 e. The van der Waals surface area contributed by atoms with Crippen molar-refractivity contribution in [1.82, 2.24) is 15.5 Å². The second kappa shape index (κ2) is 11.5. The van der Waals surface area contributed by atoms with Gasteiger partial charge in [-0.15, -0.1) is 24.0 Å². The van der Waals surface area contributed by atoms with Crippen LogP contribution in [0.4, 0.5) is 10.1 Å². The van der Waals surface area contributed by atoms with Crippen molar-refractivity contribution in [3.8, 4) is 0 Å². The van der Waals surface area contributed by atoms with E-state index in [0.29, 0.717) is 17.6 Å². The van der Waals surface area contributed by atoms with E-state index in [2.05, 4.69) is 25.2 Å². The summed E-state index contributed by atoms with van der Waals surface area (Å²) in [5.41, 5.74) is 0.705. The molecule has 1 aliphatic carbocycles. The molecule has 7 nitrogen and oxygen atoms in total. The van der Waals surface area contributed by atoms with Gasteiger partial charge in [-0.25, -0.2) is 12.8 Å². The number of guanidine groups is 1. The molecule has 1 unspecified atom stereocenters. The highest BCUT2D eigenvalue weighted by atomic mass is 127. The van der Waals surface area contributed by atoms with Gasteiger partial charge < -0.3 is 10.6 Å². The molecule has 30 heavy (non-hydrogen) atoms. The summed E-state index contributed by atoms with van der Waals surface area (Å²) in [5, 5.41) is 6.47. The van der Waals surface area contributed by atoms with Crippen LogP contribution >= 0.6 is 24.0 Å². The molecular formula is C20H33FIN5O2S. The third-order valence-corrected chi connectivity index (χ3v) is 7.02. The lowest BCUT2D eigenvalue weighted by atomic mass is 10.2. The molecule has 1 aromatic rings. The number of aryl methyl sites for hydroxylation is 1. The van der Waals surface area contributed by atoms with Gasteiger partial charge in [-0.2, -0.15) is 0 Å². The van der Waals surface area contributed by atoms with E-state index in [0.717, 1.165) is 25.6 Å². The fraction of sp³-hybridized carbons (Fsp3) is 0.650. The highest BCUT2D eigenvalue weighted by Crippen LogP contribution is 2.26. The number of halogens is 2. The van der Waals surface area contributed by atoms with Gasteiger partial charge in [-0.05, 0) is 43.9 Å². The van der Waals surface area contributed by atoms with Crippen molar-refractivity contribution in [1.29, 1.82) is 0 Å². The molecule has 0 spiro atoms. The van der Waals surface area contributed by atoms with E-state index >= 15 is 0 Å². The van der Waals surface area contributed by atoms with Crippen LogP contribution in [0.25, 0.3) is 0 Å². The minimum atomic E-state index is -3.59. The topological polar surface area (TPSA) is 85.8 Å². The molecule has 1 aliphatic heterocycles. The average Bonchev–Trinajstić information content (AvgIpc) is 3.35. The van der Waals surface area contributed by atoms with Gasteiger partial charge in [0.2, 0.25) is 10.0 Å². The third kappa shape index (κ3) is 7.23. The number of anilines is 1. The first kappa shape index (κ1) is 25.1. The van der Waals surface area contributed by atoms with Gasteiger partial charge in [-0.1, -0.05) is 18.9 Å². The maximum atomic E-state index is 13.6. The third-order valence-electron chi connectivity index (χ3n) is 5.73. The van der Waals surface area contributed by atoms with E-state index in [-0.39, 0.29) is 42.0 Å². The van der Waals surface area contributed by atoms with Crippen LogP contribution in [0.5, 0.6) is 0 Å². The van der Waals surface area contributed by atoms with E-state index in [1.807, 2.05) is 0 Å². The first-order valence-electron chi connectivity index (χ1n) is 10.3. The van der Waals surface area contributed by atoms with Crippen LogP contribution in [0.1, 0.15) is 37.7 Å². The van der Waals surface area contributed by atoms with Crippen LogP contribution in [0, 0.1) is 12.7 Å². The number of aliphatic imine (C=N–C) groups is 1. The van der Waals surface area contributed by atoms with Gasteiger partial charge in [0.25, 0.3) is 0 Å². The predicted molar refractivity (Wildman–Crippen MR) is 131 cm³/mol. The first-order valence-corrected chi connectivity index (χ1v) is 12.0. The molecule has 3 N–H and O–H groups in total. The predicted octanol–water partition coefficient (Wildman–Crippen LogP) is 2.68. The molecule has 3 rings (SSSR count).